The largest absolute Gasteiger partial charge is 0.463 e. The topological polar surface area (TPSA) is 61.6 Å². The van der Waals surface area contributed by atoms with Crippen molar-refractivity contribution >= 4 is 5.97 Å². The molecule has 2 rings (SSSR count). The van der Waals surface area contributed by atoms with Crippen molar-refractivity contribution in [3.05, 3.63) is 17.3 Å². The van der Waals surface area contributed by atoms with Crippen molar-refractivity contribution < 1.29 is 18.7 Å². The van der Waals surface area contributed by atoms with Gasteiger partial charge in [0.1, 0.15) is 0 Å². The molecule has 1 unspecified atom stereocenters. The predicted molar refractivity (Wildman–Crippen MR) is 73.8 cm³/mol. The summed E-state index contributed by atoms with van der Waals surface area (Å²) in [6.07, 6.45) is 4.05. The van der Waals surface area contributed by atoms with Crippen LogP contribution in [0.4, 0.5) is 0 Å². The maximum Gasteiger partial charge on any atom is 0.376 e. The van der Waals surface area contributed by atoms with Crippen LogP contribution < -0.4 is 0 Å². The molecule has 5 heteroatoms. The molecule has 2 heterocycles. The second-order valence-corrected chi connectivity index (χ2v) is 6.22. The number of hydrogen-bond acceptors (Lipinski definition) is 5. The third-order valence-corrected chi connectivity index (χ3v) is 3.43. The molecule has 5 nitrogen and oxygen atoms in total. The molecule has 0 amide bonds. The molecule has 0 N–H and O–H groups in total. The molecule has 1 fully saturated rings. The number of rotatable bonds is 3. The van der Waals surface area contributed by atoms with Crippen molar-refractivity contribution in [2.75, 3.05) is 13.7 Å². The molecule has 0 saturated carbocycles. The Morgan fingerprint density at radius 3 is 2.70 bits per heavy atom. The van der Waals surface area contributed by atoms with Gasteiger partial charge in [-0.15, -0.1) is 0 Å². The quantitative estimate of drug-likeness (QED) is 0.797. The number of carbonyl (C=O) groups is 1. The third kappa shape index (κ3) is 3.39. The van der Waals surface area contributed by atoms with Crippen molar-refractivity contribution in [3.8, 4) is 0 Å². The maximum absolute atomic E-state index is 11.8. The SMILES string of the molecule is COC(=O)c1oc(CC2CCCCO2)nc1C(C)(C)C. The van der Waals surface area contributed by atoms with E-state index in [0.717, 1.165) is 19.4 Å². The summed E-state index contributed by atoms with van der Waals surface area (Å²) >= 11 is 0. The summed E-state index contributed by atoms with van der Waals surface area (Å²) in [6.45, 7) is 6.79. The van der Waals surface area contributed by atoms with Gasteiger partial charge in [0.25, 0.3) is 0 Å². The summed E-state index contributed by atoms with van der Waals surface area (Å²) in [5.41, 5.74) is 0.383. The van der Waals surface area contributed by atoms with Gasteiger partial charge < -0.3 is 13.9 Å². The van der Waals surface area contributed by atoms with Gasteiger partial charge in [0.05, 0.1) is 25.3 Å². The van der Waals surface area contributed by atoms with Gasteiger partial charge in [-0.3, -0.25) is 0 Å². The maximum atomic E-state index is 11.8. The lowest BCUT2D eigenvalue weighted by Gasteiger charge is -2.21. The van der Waals surface area contributed by atoms with Gasteiger partial charge >= 0.3 is 5.97 Å². The minimum absolute atomic E-state index is 0.140. The van der Waals surface area contributed by atoms with Crippen LogP contribution in [0.2, 0.25) is 0 Å². The predicted octanol–water partition coefficient (Wildman–Crippen LogP) is 2.87. The number of esters is 1. The van der Waals surface area contributed by atoms with Crippen molar-refractivity contribution in [2.45, 2.75) is 58.0 Å². The van der Waals surface area contributed by atoms with E-state index < -0.39 is 5.97 Å². The molecule has 0 aromatic carbocycles. The Bertz CT molecular complexity index is 467. The lowest BCUT2D eigenvalue weighted by molar-refractivity contribution is 0.0128. The smallest absolute Gasteiger partial charge is 0.376 e. The Kier molecular flexibility index (Phi) is 4.48. The summed E-state index contributed by atoms with van der Waals surface area (Å²) in [6, 6.07) is 0. The van der Waals surface area contributed by atoms with Crippen LogP contribution in [0.15, 0.2) is 4.42 Å². The van der Waals surface area contributed by atoms with E-state index in [1.807, 2.05) is 20.8 Å². The Labute approximate surface area is 119 Å². The molecule has 0 bridgehead atoms. The highest BCUT2D eigenvalue weighted by atomic mass is 16.5. The fourth-order valence-electron chi connectivity index (χ4n) is 2.35. The average Bonchev–Trinajstić information content (AvgIpc) is 2.83. The standard InChI is InChI=1S/C15H23NO4/c1-15(2,3)13-12(14(17)18-4)20-11(16-13)9-10-7-5-6-8-19-10/h10H,5-9H2,1-4H3. The molecule has 0 radical (unpaired) electrons. The second kappa shape index (κ2) is 5.95. The van der Waals surface area contributed by atoms with Gasteiger partial charge in [0, 0.05) is 12.0 Å². The number of methoxy groups -OCH3 is 1. The minimum atomic E-state index is -0.474. The van der Waals surface area contributed by atoms with Gasteiger partial charge in [-0.25, -0.2) is 9.78 Å². The summed E-state index contributed by atoms with van der Waals surface area (Å²) in [4.78, 5) is 16.3. The van der Waals surface area contributed by atoms with E-state index in [0.29, 0.717) is 18.0 Å². The van der Waals surface area contributed by atoms with Gasteiger partial charge in [-0.2, -0.15) is 0 Å². The van der Waals surface area contributed by atoms with Crippen molar-refractivity contribution in [3.63, 3.8) is 0 Å². The highest BCUT2D eigenvalue weighted by molar-refractivity contribution is 5.87. The van der Waals surface area contributed by atoms with E-state index in [-0.39, 0.29) is 17.3 Å². The lowest BCUT2D eigenvalue weighted by Crippen LogP contribution is -2.21. The van der Waals surface area contributed by atoms with Crippen LogP contribution in [0.25, 0.3) is 0 Å². The number of hydrogen-bond donors (Lipinski definition) is 0. The molecule has 1 aliphatic rings. The van der Waals surface area contributed by atoms with Crippen LogP contribution in [0, 0.1) is 0 Å². The van der Waals surface area contributed by atoms with E-state index >= 15 is 0 Å². The first-order valence-corrected chi connectivity index (χ1v) is 7.12. The summed E-state index contributed by atoms with van der Waals surface area (Å²) in [5.74, 6) is 0.297. The van der Waals surface area contributed by atoms with Gasteiger partial charge in [0.2, 0.25) is 5.76 Å². The summed E-state index contributed by atoms with van der Waals surface area (Å²) in [5, 5.41) is 0. The number of carbonyl (C=O) groups excluding carboxylic acids is 1. The van der Waals surface area contributed by atoms with Crippen LogP contribution in [0.1, 0.15) is 62.2 Å². The monoisotopic (exact) mass is 281 g/mol. The van der Waals surface area contributed by atoms with Crippen molar-refractivity contribution in [1.29, 1.82) is 0 Å². The first-order chi connectivity index (χ1) is 9.41. The Morgan fingerprint density at radius 2 is 2.15 bits per heavy atom. The first-order valence-electron chi connectivity index (χ1n) is 7.12. The molecular weight excluding hydrogens is 258 g/mol. The minimum Gasteiger partial charge on any atom is -0.463 e. The molecular formula is C15H23NO4. The first kappa shape index (κ1) is 15.0. The Hall–Kier alpha value is -1.36. The molecule has 0 spiro atoms. The van der Waals surface area contributed by atoms with Crippen LogP contribution in [0.3, 0.4) is 0 Å². The highest BCUT2D eigenvalue weighted by Gasteiger charge is 2.30. The Morgan fingerprint density at radius 1 is 1.40 bits per heavy atom. The van der Waals surface area contributed by atoms with Crippen molar-refractivity contribution in [2.24, 2.45) is 0 Å². The zero-order chi connectivity index (χ0) is 14.8. The van der Waals surface area contributed by atoms with Gasteiger partial charge in [0.15, 0.2) is 5.89 Å². The molecule has 1 saturated heterocycles. The summed E-state index contributed by atoms with van der Waals surface area (Å²) in [7, 11) is 1.35. The lowest BCUT2D eigenvalue weighted by atomic mass is 9.91. The molecule has 1 aromatic rings. The zero-order valence-electron chi connectivity index (χ0n) is 12.7. The van der Waals surface area contributed by atoms with Crippen LogP contribution in [-0.4, -0.2) is 30.8 Å². The fraction of sp³-hybridized carbons (Fsp3) is 0.733. The number of aromatic nitrogens is 1. The fourth-order valence-corrected chi connectivity index (χ4v) is 2.35. The van der Waals surface area contributed by atoms with Crippen LogP contribution in [0.5, 0.6) is 0 Å². The number of ether oxygens (including phenoxy) is 2. The molecule has 112 valence electrons. The van der Waals surface area contributed by atoms with Crippen LogP contribution in [-0.2, 0) is 21.3 Å². The normalized spacial score (nSPS) is 19.9. The van der Waals surface area contributed by atoms with Gasteiger partial charge in [-0.05, 0) is 19.3 Å². The highest BCUT2D eigenvalue weighted by Crippen LogP contribution is 2.28. The summed E-state index contributed by atoms with van der Waals surface area (Å²) < 4.78 is 16.1. The van der Waals surface area contributed by atoms with E-state index in [2.05, 4.69) is 4.98 Å². The Balaban J connectivity index is 2.21. The van der Waals surface area contributed by atoms with Crippen LogP contribution >= 0.6 is 0 Å². The third-order valence-electron chi connectivity index (χ3n) is 3.43. The molecule has 1 atom stereocenters. The molecule has 1 aromatic heterocycles. The van der Waals surface area contributed by atoms with E-state index in [4.69, 9.17) is 13.9 Å². The molecule has 20 heavy (non-hydrogen) atoms. The van der Waals surface area contributed by atoms with E-state index in [9.17, 15) is 4.79 Å². The average molecular weight is 281 g/mol. The van der Waals surface area contributed by atoms with Gasteiger partial charge in [-0.1, -0.05) is 20.8 Å². The number of oxazole rings is 1. The molecule has 0 aliphatic carbocycles. The zero-order valence-corrected chi connectivity index (χ0v) is 12.7. The second-order valence-electron chi connectivity index (χ2n) is 6.22. The van der Waals surface area contributed by atoms with E-state index in [1.54, 1.807) is 0 Å². The number of nitrogens with zero attached hydrogens (tertiary/aromatic N) is 1. The van der Waals surface area contributed by atoms with E-state index in [1.165, 1.54) is 13.5 Å². The van der Waals surface area contributed by atoms with Crippen molar-refractivity contribution in [1.82, 2.24) is 4.98 Å². The molecule has 1 aliphatic heterocycles.